The summed E-state index contributed by atoms with van der Waals surface area (Å²) >= 11 is 7.71. The van der Waals surface area contributed by atoms with E-state index in [-0.39, 0.29) is 0 Å². The van der Waals surface area contributed by atoms with Crippen LogP contribution in [0.1, 0.15) is 6.42 Å². The van der Waals surface area contributed by atoms with Gasteiger partial charge in [0.05, 0.1) is 12.1 Å². The van der Waals surface area contributed by atoms with Gasteiger partial charge in [-0.25, -0.2) is 0 Å². The first-order valence-electron chi connectivity index (χ1n) is 7.91. The molecule has 3 N–H and O–H groups in total. The highest BCUT2D eigenvalue weighted by Gasteiger charge is 2.31. The van der Waals surface area contributed by atoms with Gasteiger partial charge < -0.3 is 20.6 Å². The van der Waals surface area contributed by atoms with E-state index in [2.05, 4.69) is 14.8 Å². The average molecular weight is 355 g/mol. The molecule has 2 aliphatic heterocycles. The van der Waals surface area contributed by atoms with Gasteiger partial charge in [0.2, 0.25) is 0 Å². The molecule has 3 rings (SSSR count). The lowest BCUT2D eigenvalue weighted by Crippen LogP contribution is -2.51. The monoisotopic (exact) mass is 354 g/mol. The van der Waals surface area contributed by atoms with Crippen LogP contribution in [0.3, 0.4) is 0 Å². The molecule has 1 atom stereocenters. The molecule has 0 radical (unpaired) electrons. The highest BCUT2D eigenvalue weighted by atomic mass is 35.5. The van der Waals surface area contributed by atoms with Crippen molar-refractivity contribution >= 4 is 35.0 Å². The van der Waals surface area contributed by atoms with E-state index in [1.807, 2.05) is 24.3 Å². The van der Waals surface area contributed by atoms with Gasteiger partial charge in [0.1, 0.15) is 0 Å². The minimum Gasteiger partial charge on any atom is -0.387 e. The number of rotatable bonds is 3. The fourth-order valence-electron chi connectivity index (χ4n) is 2.89. The molecule has 2 saturated heterocycles. The second-order valence-corrected chi connectivity index (χ2v) is 7.69. The predicted octanol–water partition coefficient (Wildman–Crippen LogP) is 1.64. The fourth-order valence-corrected chi connectivity index (χ4v) is 4.31. The van der Waals surface area contributed by atoms with Crippen LogP contribution in [-0.4, -0.2) is 65.8 Å². The third-order valence-corrected chi connectivity index (χ3v) is 5.90. The summed E-state index contributed by atoms with van der Waals surface area (Å²) in [7, 11) is 0. The molecule has 0 aromatic heterocycles. The number of piperazine rings is 1. The van der Waals surface area contributed by atoms with Crippen molar-refractivity contribution < 1.29 is 5.11 Å². The maximum Gasteiger partial charge on any atom is 0.191 e. The molecule has 23 heavy (non-hydrogen) atoms. The van der Waals surface area contributed by atoms with Gasteiger partial charge in [-0.3, -0.25) is 4.99 Å². The van der Waals surface area contributed by atoms with Crippen LogP contribution in [0.2, 0.25) is 5.02 Å². The third kappa shape index (κ3) is 4.25. The Morgan fingerprint density at radius 2 is 1.96 bits per heavy atom. The second kappa shape index (κ2) is 7.20. The molecule has 0 amide bonds. The Morgan fingerprint density at radius 3 is 2.57 bits per heavy atom. The quantitative estimate of drug-likeness (QED) is 0.638. The number of hydrogen-bond donors (Lipinski definition) is 2. The number of hydrogen-bond acceptors (Lipinski definition) is 4. The summed E-state index contributed by atoms with van der Waals surface area (Å²) in [5.41, 5.74) is 6.63. The smallest absolute Gasteiger partial charge is 0.191 e. The molecule has 2 fully saturated rings. The largest absolute Gasteiger partial charge is 0.387 e. The van der Waals surface area contributed by atoms with Crippen LogP contribution in [0.4, 0.5) is 5.69 Å². The number of aliphatic imine (C=N–C) groups is 1. The van der Waals surface area contributed by atoms with Crippen molar-refractivity contribution in [2.45, 2.75) is 12.0 Å². The molecule has 1 aromatic rings. The number of anilines is 1. The van der Waals surface area contributed by atoms with Gasteiger partial charge in [0.25, 0.3) is 0 Å². The van der Waals surface area contributed by atoms with E-state index in [1.165, 1.54) is 5.69 Å². The van der Waals surface area contributed by atoms with E-state index in [9.17, 15) is 5.11 Å². The normalized spacial score (nSPS) is 25.9. The van der Waals surface area contributed by atoms with Gasteiger partial charge in [-0.1, -0.05) is 11.6 Å². The van der Waals surface area contributed by atoms with Gasteiger partial charge in [-0.2, -0.15) is 11.8 Å². The van der Waals surface area contributed by atoms with E-state index in [4.69, 9.17) is 17.3 Å². The van der Waals surface area contributed by atoms with Crippen LogP contribution in [0, 0.1) is 0 Å². The van der Waals surface area contributed by atoms with Crippen LogP contribution in [0.25, 0.3) is 0 Å². The van der Waals surface area contributed by atoms with Crippen molar-refractivity contribution in [3.05, 3.63) is 29.3 Å². The molecule has 0 aliphatic carbocycles. The lowest BCUT2D eigenvalue weighted by molar-refractivity contribution is 0.0776. The summed E-state index contributed by atoms with van der Waals surface area (Å²) in [6, 6.07) is 7.92. The van der Waals surface area contributed by atoms with E-state index >= 15 is 0 Å². The standard InChI is InChI=1S/C16H23ClN4OS/c17-13-1-3-14(4-2-13)20-6-8-21(9-7-20)15(18)19-11-16(22)5-10-23-12-16/h1-4,22H,5-12H2,(H2,18,19). The Bertz CT molecular complexity index is 552. The van der Waals surface area contributed by atoms with Crippen molar-refractivity contribution in [3.8, 4) is 0 Å². The Kier molecular flexibility index (Phi) is 5.24. The van der Waals surface area contributed by atoms with E-state index in [0.29, 0.717) is 12.5 Å². The first-order valence-corrected chi connectivity index (χ1v) is 9.45. The number of nitrogens with zero attached hydrogens (tertiary/aromatic N) is 3. The Labute approximate surface area is 146 Å². The molecule has 0 saturated carbocycles. The number of aliphatic hydroxyl groups is 1. The molecular weight excluding hydrogens is 332 g/mol. The summed E-state index contributed by atoms with van der Waals surface area (Å²) in [5, 5.41) is 11.1. The highest BCUT2D eigenvalue weighted by Crippen LogP contribution is 2.28. The molecule has 2 aliphatic rings. The Hall–Kier alpha value is -1.11. The molecular formula is C16H23ClN4OS. The molecule has 5 nitrogen and oxygen atoms in total. The van der Waals surface area contributed by atoms with Crippen molar-refractivity contribution in [3.63, 3.8) is 0 Å². The lowest BCUT2D eigenvalue weighted by Gasteiger charge is -2.36. The van der Waals surface area contributed by atoms with Crippen molar-refractivity contribution in [2.24, 2.45) is 10.7 Å². The van der Waals surface area contributed by atoms with Crippen LogP contribution >= 0.6 is 23.4 Å². The van der Waals surface area contributed by atoms with E-state index < -0.39 is 5.60 Å². The number of guanidine groups is 1. The number of benzene rings is 1. The van der Waals surface area contributed by atoms with Gasteiger partial charge in [0.15, 0.2) is 5.96 Å². The Balaban J connectivity index is 1.52. The summed E-state index contributed by atoms with van der Waals surface area (Å²) in [6.07, 6.45) is 0.804. The van der Waals surface area contributed by atoms with E-state index in [0.717, 1.165) is 49.1 Å². The van der Waals surface area contributed by atoms with Crippen molar-refractivity contribution in [2.75, 3.05) is 49.1 Å². The Morgan fingerprint density at radius 1 is 1.26 bits per heavy atom. The SMILES string of the molecule is NC(=NCC1(O)CCSC1)N1CCN(c2ccc(Cl)cc2)CC1. The third-order valence-electron chi connectivity index (χ3n) is 4.41. The summed E-state index contributed by atoms with van der Waals surface area (Å²) in [5.74, 6) is 2.31. The van der Waals surface area contributed by atoms with Gasteiger partial charge in [-0.05, 0) is 36.4 Å². The predicted molar refractivity (Wildman–Crippen MR) is 98.6 cm³/mol. The zero-order valence-electron chi connectivity index (χ0n) is 13.1. The van der Waals surface area contributed by atoms with E-state index in [1.54, 1.807) is 11.8 Å². The minimum absolute atomic E-state index is 0.406. The highest BCUT2D eigenvalue weighted by molar-refractivity contribution is 7.99. The van der Waals surface area contributed by atoms with Gasteiger partial charge >= 0.3 is 0 Å². The molecule has 2 heterocycles. The zero-order chi connectivity index (χ0) is 16.3. The molecule has 126 valence electrons. The topological polar surface area (TPSA) is 65.1 Å². The molecule has 1 aromatic carbocycles. The van der Waals surface area contributed by atoms with Gasteiger partial charge in [-0.15, -0.1) is 0 Å². The van der Waals surface area contributed by atoms with Crippen LogP contribution in [-0.2, 0) is 0 Å². The fraction of sp³-hybridized carbons (Fsp3) is 0.562. The average Bonchev–Trinajstić information content (AvgIpc) is 3.01. The number of nitrogens with two attached hydrogens (primary N) is 1. The number of thioether (sulfide) groups is 1. The lowest BCUT2D eigenvalue weighted by atomic mass is 10.1. The summed E-state index contributed by atoms with van der Waals surface area (Å²) in [4.78, 5) is 8.85. The van der Waals surface area contributed by atoms with Gasteiger partial charge in [0, 0.05) is 42.6 Å². The number of halogens is 1. The van der Waals surface area contributed by atoms with Crippen LogP contribution < -0.4 is 10.6 Å². The summed E-state index contributed by atoms with van der Waals surface area (Å²) in [6.45, 7) is 3.88. The van der Waals surface area contributed by atoms with Crippen LogP contribution in [0.15, 0.2) is 29.3 Å². The van der Waals surface area contributed by atoms with Crippen molar-refractivity contribution in [1.29, 1.82) is 0 Å². The second-order valence-electron chi connectivity index (χ2n) is 6.15. The first kappa shape index (κ1) is 16.7. The summed E-state index contributed by atoms with van der Waals surface area (Å²) < 4.78 is 0. The molecule has 1 unspecified atom stereocenters. The molecule has 7 heteroatoms. The first-order chi connectivity index (χ1) is 11.1. The molecule has 0 spiro atoms. The molecule has 0 bridgehead atoms. The maximum absolute atomic E-state index is 10.3. The van der Waals surface area contributed by atoms with Crippen LogP contribution in [0.5, 0.6) is 0 Å². The minimum atomic E-state index is -0.666. The van der Waals surface area contributed by atoms with Crippen molar-refractivity contribution in [1.82, 2.24) is 4.90 Å². The zero-order valence-corrected chi connectivity index (χ0v) is 14.7. The maximum atomic E-state index is 10.3.